The Hall–Kier alpha value is -0.610. The largest absolute Gasteiger partial charge is 0.458 e. The fourth-order valence-corrected chi connectivity index (χ4v) is 1.02. The van der Waals surface area contributed by atoms with E-state index in [1.54, 1.807) is 0 Å². The van der Waals surface area contributed by atoms with Gasteiger partial charge in [-0.1, -0.05) is 0 Å². The van der Waals surface area contributed by atoms with E-state index in [1.165, 1.54) is 0 Å². The normalized spacial score (nSPS) is 24.1. The quantitative estimate of drug-likeness (QED) is 0.578. The highest BCUT2D eigenvalue weighted by Crippen LogP contribution is 2.13. The molecule has 0 spiro atoms. The van der Waals surface area contributed by atoms with Gasteiger partial charge in [-0.15, -0.1) is 0 Å². The van der Waals surface area contributed by atoms with Gasteiger partial charge >= 0.3 is 5.97 Å². The van der Waals surface area contributed by atoms with Crippen LogP contribution in [0.3, 0.4) is 0 Å². The van der Waals surface area contributed by atoms with Crippen molar-refractivity contribution in [3.05, 3.63) is 0 Å². The van der Waals surface area contributed by atoms with Crippen molar-refractivity contribution in [3.8, 4) is 0 Å². The Morgan fingerprint density at radius 1 is 1.46 bits per heavy atom. The lowest BCUT2D eigenvalue weighted by molar-refractivity contribution is -0.191. The molecule has 0 aromatic carbocycles. The van der Waals surface area contributed by atoms with Gasteiger partial charge in [-0.3, -0.25) is 0 Å². The molecule has 0 radical (unpaired) electrons. The SMILES string of the molecule is CC(C)(C)OC(=O)C1CCOCO1. The van der Waals surface area contributed by atoms with Gasteiger partial charge in [0.1, 0.15) is 12.4 Å². The van der Waals surface area contributed by atoms with E-state index in [0.717, 1.165) is 0 Å². The van der Waals surface area contributed by atoms with Gasteiger partial charge in [-0.05, 0) is 20.8 Å². The van der Waals surface area contributed by atoms with Crippen molar-refractivity contribution >= 4 is 5.97 Å². The van der Waals surface area contributed by atoms with Crippen molar-refractivity contribution in [2.24, 2.45) is 0 Å². The van der Waals surface area contributed by atoms with Gasteiger partial charge in [0, 0.05) is 6.42 Å². The number of carbonyl (C=O) groups is 1. The minimum atomic E-state index is -0.451. The molecule has 0 bridgehead atoms. The third-order valence-corrected chi connectivity index (χ3v) is 1.55. The first-order valence-corrected chi connectivity index (χ1v) is 4.41. The molecule has 1 aliphatic heterocycles. The van der Waals surface area contributed by atoms with Crippen molar-refractivity contribution in [2.45, 2.75) is 38.9 Å². The molecule has 0 amide bonds. The van der Waals surface area contributed by atoms with Crippen LogP contribution in [-0.4, -0.2) is 31.1 Å². The van der Waals surface area contributed by atoms with E-state index in [2.05, 4.69) is 0 Å². The maximum atomic E-state index is 11.4. The molecule has 1 atom stereocenters. The summed E-state index contributed by atoms with van der Waals surface area (Å²) in [4.78, 5) is 11.4. The summed E-state index contributed by atoms with van der Waals surface area (Å²) in [5, 5.41) is 0. The van der Waals surface area contributed by atoms with E-state index < -0.39 is 11.7 Å². The molecule has 0 saturated carbocycles. The molecule has 1 unspecified atom stereocenters. The minimum Gasteiger partial charge on any atom is -0.458 e. The first-order chi connectivity index (χ1) is 5.99. The lowest BCUT2D eigenvalue weighted by Gasteiger charge is -2.26. The second-order valence-corrected chi connectivity index (χ2v) is 4.00. The Labute approximate surface area is 78.2 Å². The number of rotatable bonds is 1. The van der Waals surface area contributed by atoms with Crippen LogP contribution in [0, 0.1) is 0 Å². The Morgan fingerprint density at radius 2 is 2.15 bits per heavy atom. The van der Waals surface area contributed by atoms with Crippen molar-refractivity contribution in [1.29, 1.82) is 0 Å². The highest BCUT2D eigenvalue weighted by molar-refractivity contribution is 5.75. The Bertz CT molecular complexity index is 177. The van der Waals surface area contributed by atoms with Gasteiger partial charge in [0.05, 0.1) is 6.61 Å². The van der Waals surface area contributed by atoms with Gasteiger partial charge in [-0.2, -0.15) is 0 Å². The summed E-state index contributed by atoms with van der Waals surface area (Å²) < 4.78 is 15.2. The lowest BCUT2D eigenvalue weighted by Crippen LogP contribution is -2.37. The zero-order valence-electron chi connectivity index (χ0n) is 8.33. The summed E-state index contributed by atoms with van der Waals surface area (Å²) in [6, 6.07) is 0. The fourth-order valence-electron chi connectivity index (χ4n) is 1.02. The maximum Gasteiger partial charge on any atom is 0.335 e. The predicted molar refractivity (Wildman–Crippen MR) is 46.2 cm³/mol. The van der Waals surface area contributed by atoms with Gasteiger partial charge < -0.3 is 14.2 Å². The van der Waals surface area contributed by atoms with Gasteiger partial charge in [0.2, 0.25) is 0 Å². The van der Waals surface area contributed by atoms with Crippen molar-refractivity contribution < 1.29 is 19.0 Å². The van der Waals surface area contributed by atoms with Crippen molar-refractivity contribution in [1.82, 2.24) is 0 Å². The molecule has 13 heavy (non-hydrogen) atoms. The van der Waals surface area contributed by atoms with Crippen LogP contribution in [0.1, 0.15) is 27.2 Å². The first kappa shape index (κ1) is 10.5. The second kappa shape index (κ2) is 4.07. The maximum absolute atomic E-state index is 11.4. The number of hydrogen-bond acceptors (Lipinski definition) is 4. The number of carbonyl (C=O) groups excluding carboxylic acids is 1. The van der Waals surface area contributed by atoms with Crippen molar-refractivity contribution in [3.63, 3.8) is 0 Å². The van der Waals surface area contributed by atoms with Crippen LogP contribution in [-0.2, 0) is 19.0 Å². The smallest absolute Gasteiger partial charge is 0.335 e. The zero-order chi connectivity index (χ0) is 9.90. The number of ether oxygens (including phenoxy) is 3. The first-order valence-electron chi connectivity index (χ1n) is 4.41. The van der Waals surface area contributed by atoms with Gasteiger partial charge in [0.25, 0.3) is 0 Å². The number of hydrogen-bond donors (Lipinski definition) is 0. The van der Waals surface area contributed by atoms with Gasteiger partial charge in [0.15, 0.2) is 6.10 Å². The summed E-state index contributed by atoms with van der Waals surface area (Å²) in [5.74, 6) is -0.296. The van der Waals surface area contributed by atoms with Crippen LogP contribution in [0.15, 0.2) is 0 Å². The van der Waals surface area contributed by atoms with Crippen LogP contribution in [0.5, 0.6) is 0 Å². The molecule has 0 N–H and O–H groups in total. The van der Waals surface area contributed by atoms with Crippen molar-refractivity contribution in [2.75, 3.05) is 13.4 Å². The predicted octanol–water partition coefficient (Wildman–Crippen LogP) is 1.09. The topological polar surface area (TPSA) is 44.8 Å². The third kappa shape index (κ3) is 3.74. The fraction of sp³-hybridized carbons (Fsp3) is 0.889. The van der Waals surface area contributed by atoms with Crippen LogP contribution in [0.4, 0.5) is 0 Å². The average Bonchev–Trinajstić information content (AvgIpc) is 2.03. The van der Waals surface area contributed by atoms with E-state index >= 15 is 0 Å². The van der Waals surface area contributed by atoms with Crippen LogP contribution >= 0.6 is 0 Å². The van der Waals surface area contributed by atoms with Crippen LogP contribution in [0.25, 0.3) is 0 Å². The van der Waals surface area contributed by atoms with Crippen LogP contribution in [0.2, 0.25) is 0 Å². The van der Waals surface area contributed by atoms with E-state index in [9.17, 15) is 4.79 Å². The summed E-state index contributed by atoms with van der Waals surface area (Å²) >= 11 is 0. The highest BCUT2D eigenvalue weighted by atomic mass is 16.7. The third-order valence-electron chi connectivity index (χ3n) is 1.55. The molecule has 0 aliphatic carbocycles. The summed E-state index contributed by atoms with van der Waals surface area (Å²) in [7, 11) is 0. The standard InChI is InChI=1S/C9H16O4/c1-9(2,3)13-8(10)7-4-5-11-6-12-7/h7H,4-6H2,1-3H3. The van der Waals surface area contributed by atoms with E-state index in [4.69, 9.17) is 14.2 Å². The Kier molecular flexibility index (Phi) is 3.27. The molecule has 1 aliphatic rings. The molecule has 0 aromatic rings. The molecule has 1 heterocycles. The summed E-state index contributed by atoms with van der Waals surface area (Å²) in [6.07, 6.45) is 0.127. The molecular weight excluding hydrogens is 172 g/mol. The Balaban J connectivity index is 2.38. The molecular formula is C9H16O4. The molecule has 1 fully saturated rings. The highest BCUT2D eigenvalue weighted by Gasteiger charge is 2.27. The molecule has 1 saturated heterocycles. The van der Waals surface area contributed by atoms with E-state index in [1.807, 2.05) is 20.8 Å². The van der Waals surface area contributed by atoms with Crippen LogP contribution < -0.4 is 0 Å². The summed E-state index contributed by atoms with van der Waals surface area (Å²) in [5.41, 5.74) is -0.446. The molecule has 76 valence electrons. The molecule has 4 nitrogen and oxygen atoms in total. The second-order valence-electron chi connectivity index (χ2n) is 4.00. The summed E-state index contributed by atoms with van der Waals surface area (Å²) in [6.45, 7) is 6.26. The zero-order valence-corrected chi connectivity index (χ0v) is 8.33. The molecule has 4 heteroatoms. The van der Waals surface area contributed by atoms with E-state index in [-0.39, 0.29) is 12.8 Å². The van der Waals surface area contributed by atoms with E-state index in [0.29, 0.717) is 13.0 Å². The molecule has 0 aromatic heterocycles. The Morgan fingerprint density at radius 3 is 2.62 bits per heavy atom. The monoisotopic (exact) mass is 188 g/mol. The molecule has 1 rings (SSSR count). The number of esters is 1. The minimum absolute atomic E-state index is 0.184. The van der Waals surface area contributed by atoms with Gasteiger partial charge in [-0.25, -0.2) is 4.79 Å². The average molecular weight is 188 g/mol. The lowest BCUT2D eigenvalue weighted by atomic mass is 10.2.